The molecule has 0 amide bonds. The van der Waals surface area contributed by atoms with Crippen LogP contribution in [0.5, 0.6) is 5.75 Å². The Bertz CT molecular complexity index is 854. The fourth-order valence-corrected chi connectivity index (χ4v) is 5.03. The van der Waals surface area contributed by atoms with Crippen LogP contribution in [-0.2, 0) is 17.7 Å². The Labute approximate surface area is 181 Å². The molecule has 4 rings (SSSR count). The average molecular weight is 409 g/mol. The highest BCUT2D eigenvalue weighted by Crippen LogP contribution is 2.40. The predicted molar refractivity (Wildman–Crippen MR) is 122 cm³/mol. The van der Waals surface area contributed by atoms with Gasteiger partial charge >= 0.3 is 0 Å². The normalized spacial score (nSPS) is 23.0. The highest BCUT2D eigenvalue weighted by Gasteiger charge is 2.35. The van der Waals surface area contributed by atoms with Crippen LogP contribution in [0.2, 0.25) is 0 Å². The van der Waals surface area contributed by atoms with Crippen molar-refractivity contribution in [3.8, 4) is 5.75 Å². The van der Waals surface area contributed by atoms with Gasteiger partial charge in [0, 0.05) is 25.1 Å². The van der Waals surface area contributed by atoms with Crippen molar-refractivity contribution in [2.45, 2.75) is 64.7 Å². The van der Waals surface area contributed by atoms with Crippen molar-refractivity contribution in [1.82, 2.24) is 4.90 Å². The molecule has 2 unspecified atom stereocenters. The maximum atomic E-state index is 10.6. The molecule has 2 atom stereocenters. The summed E-state index contributed by atoms with van der Waals surface area (Å²) in [6.45, 7) is 10.1. The first-order valence-corrected chi connectivity index (χ1v) is 11.4. The van der Waals surface area contributed by atoms with Crippen LogP contribution in [0, 0.1) is 12.8 Å². The Morgan fingerprint density at radius 1 is 1.10 bits per heavy atom. The Hall–Kier alpha value is -1.88. The molecular weight excluding hydrogens is 372 g/mol. The molecule has 4 heteroatoms. The van der Waals surface area contributed by atoms with E-state index in [4.69, 9.17) is 10.5 Å². The number of rotatable bonds is 5. The zero-order valence-electron chi connectivity index (χ0n) is 18.6. The molecule has 0 bridgehead atoms. The van der Waals surface area contributed by atoms with Crippen LogP contribution in [0.15, 0.2) is 36.4 Å². The number of nitrogens with zero attached hydrogens (tertiary/aromatic N) is 1. The van der Waals surface area contributed by atoms with Crippen LogP contribution in [0.4, 0.5) is 0 Å². The number of piperidine rings is 1. The summed E-state index contributed by atoms with van der Waals surface area (Å²) in [5.41, 5.74) is 11.9. The number of nitrogens with two attached hydrogens (primary N) is 1. The van der Waals surface area contributed by atoms with Gasteiger partial charge in [-0.2, -0.15) is 0 Å². The van der Waals surface area contributed by atoms with Gasteiger partial charge < -0.3 is 15.6 Å². The Morgan fingerprint density at radius 2 is 1.80 bits per heavy atom. The Morgan fingerprint density at radius 3 is 2.43 bits per heavy atom. The zero-order valence-corrected chi connectivity index (χ0v) is 18.6. The number of hydrogen-bond acceptors (Lipinski definition) is 4. The topological polar surface area (TPSA) is 58.7 Å². The van der Waals surface area contributed by atoms with Crippen LogP contribution >= 0.6 is 0 Å². The smallest absolute Gasteiger partial charge is 0.122 e. The largest absolute Gasteiger partial charge is 0.507 e. The minimum absolute atomic E-state index is 0.109. The molecule has 2 aromatic carbocycles. The number of benzene rings is 2. The number of fused-ring (bicyclic) bond motifs is 1. The highest BCUT2D eigenvalue weighted by molar-refractivity contribution is 5.47. The fraction of sp³-hybridized carbons (Fsp3) is 0.538. The number of aromatic hydroxyl groups is 1. The van der Waals surface area contributed by atoms with Gasteiger partial charge in [0.25, 0.3) is 0 Å². The lowest BCUT2D eigenvalue weighted by molar-refractivity contribution is -0.0651. The zero-order chi connectivity index (χ0) is 21.3. The van der Waals surface area contributed by atoms with Crippen molar-refractivity contribution in [2.75, 3.05) is 19.6 Å². The van der Waals surface area contributed by atoms with Gasteiger partial charge in [0.15, 0.2) is 0 Å². The summed E-state index contributed by atoms with van der Waals surface area (Å²) in [7, 11) is 0. The van der Waals surface area contributed by atoms with E-state index in [2.05, 4.69) is 49.1 Å². The maximum Gasteiger partial charge on any atom is 0.122 e. The van der Waals surface area contributed by atoms with Crippen molar-refractivity contribution in [2.24, 2.45) is 11.7 Å². The van der Waals surface area contributed by atoms with Crippen molar-refractivity contribution in [1.29, 1.82) is 0 Å². The molecule has 2 aliphatic heterocycles. The molecule has 3 N–H and O–H groups in total. The third-order valence-corrected chi connectivity index (χ3v) is 7.04. The molecule has 0 aromatic heterocycles. The first kappa shape index (κ1) is 21.4. The van der Waals surface area contributed by atoms with Gasteiger partial charge in [-0.3, -0.25) is 4.90 Å². The molecule has 0 saturated carbocycles. The first-order chi connectivity index (χ1) is 14.5. The van der Waals surface area contributed by atoms with Crippen molar-refractivity contribution >= 4 is 0 Å². The number of likely N-dealkylation sites (tertiary alicyclic amines) is 1. The van der Waals surface area contributed by atoms with Crippen LogP contribution in [-0.4, -0.2) is 35.7 Å². The maximum absolute atomic E-state index is 10.6. The molecule has 162 valence electrons. The molecular formula is C26H36N2O2. The van der Waals surface area contributed by atoms with Gasteiger partial charge in [-0.1, -0.05) is 50.2 Å². The molecule has 2 aliphatic rings. The van der Waals surface area contributed by atoms with Crippen LogP contribution in [0.25, 0.3) is 0 Å². The van der Waals surface area contributed by atoms with E-state index < -0.39 is 0 Å². The molecule has 4 nitrogen and oxygen atoms in total. The van der Waals surface area contributed by atoms with E-state index in [1.54, 1.807) is 0 Å². The molecule has 30 heavy (non-hydrogen) atoms. The third kappa shape index (κ3) is 4.41. The van der Waals surface area contributed by atoms with Crippen LogP contribution in [0.3, 0.4) is 0 Å². The summed E-state index contributed by atoms with van der Waals surface area (Å²) in [6, 6.07) is 13.1. The van der Waals surface area contributed by atoms with Gasteiger partial charge in [-0.05, 0) is 66.9 Å². The fourth-order valence-electron chi connectivity index (χ4n) is 5.03. The molecule has 0 aliphatic carbocycles. The minimum atomic E-state index is -0.109. The van der Waals surface area contributed by atoms with E-state index in [0.717, 1.165) is 55.6 Å². The van der Waals surface area contributed by atoms with Crippen LogP contribution < -0.4 is 5.73 Å². The lowest BCUT2D eigenvalue weighted by Gasteiger charge is -2.40. The number of hydrogen-bond donors (Lipinski definition) is 2. The lowest BCUT2D eigenvalue weighted by Crippen LogP contribution is -2.41. The second-order valence-corrected chi connectivity index (χ2v) is 9.41. The second kappa shape index (κ2) is 9.09. The first-order valence-electron chi connectivity index (χ1n) is 11.4. The Kier molecular flexibility index (Phi) is 6.47. The monoisotopic (exact) mass is 408 g/mol. The van der Waals surface area contributed by atoms with Gasteiger partial charge in [-0.25, -0.2) is 0 Å². The Balaban J connectivity index is 1.37. The number of aryl methyl sites for hydroxylation is 1. The second-order valence-electron chi connectivity index (χ2n) is 9.41. The summed E-state index contributed by atoms with van der Waals surface area (Å²) in [5.74, 6) is 1.53. The lowest BCUT2D eigenvalue weighted by atomic mass is 9.83. The van der Waals surface area contributed by atoms with Gasteiger partial charge in [0.2, 0.25) is 0 Å². The number of ether oxygens (including phenoxy) is 1. The van der Waals surface area contributed by atoms with E-state index >= 15 is 0 Å². The van der Waals surface area contributed by atoms with Crippen molar-refractivity contribution in [3.63, 3.8) is 0 Å². The molecule has 2 aromatic rings. The van der Waals surface area contributed by atoms with E-state index in [-0.39, 0.29) is 12.2 Å². The van der Waals surface area contributed by atoms with Gasteiger partial charge in [-0.15, -0.1) is 0 Å². The average Bonchev–Trinajstić information content (AvgIpc) is 2.76. The standard InChI is InChI=1S/C26H36N2O2/c1-17(2)20-7-5-19(6-8-20)16-28-12-10-21(11-13-28)24-14-23-22(25(15-27)30-24)9-4-18(3)26(23)29/h4-9,17,21,24-25,29H,10-16,27H2,1-3H3. The summed E-state index contributed by atoms with van der Waals surface area (Å²) in [6.07, 6.45) is 3.09. The number of phenols is 1. The SMILES string of the molecule is Cc1ccc2c(c1O)CC(C1CCN(Cc3ccc(C(C)C)cc3)CC1)OC2CN. The van der Waals surface area contributed by atoms with E-state index in [1.165, 1.54) is 11.1 Å². The van der Waals surface area contributed by atoms with E-state index in [0.29, 0.717) is 24.1 Å². The minimum Gasteiger partial charge on any atom is -0.507 e. The molecule has 0 radical (unpaired) electrons. The molecule has 1 fully saturated rings. The molecule has 0 spiro atoms. The number of phenolic OH excluding ortho intramolecular Hbond substituents is 1. The predicted octanol–water partition coefficient (Wildman–Crippen LogP) is 4.68. The van der Waals surface area contributed by atoms with Crippen molar-refractivity contribution < 1.29 is 9.84 Å². The highest BCUT2D eigenvalue weighted by atomic mass is 16.5. The van der Waals surface area contributed by atoms with E-state index in [9.17, 15) is 5.11 Å². The third-order valence-electron chi connectivity index (χ3n) is 7.04. The summed E-state index contributed by atoms with van der Waals surface area (Å²) in [5, 5.41) is 10.6. The summed E-state index contributed by atoms with van der Waals surface area (Å²) < 4.78 is 6.43. The van der Waals surface area contributed by atoms with Crippen molar-refractivity contribution in [3.05, 3.63) is 64.2 Å². The molecule has 2 heterocycles. The summed E-state index contributed by atoms with van der Waals surface area (Å²) in [4.78, 5) is 2.56. The van der Waals surface area contributed by atoms with Gasteiger partial charge in [0.1, 0.15) is 5.75 Å². The quantitative estimate of drug-likeness (QED) is 0.754. The summed E-state index contributed by atoms with van der Waals surface area (Å²) >= 11 is 0. The van der Waals surface area contributed by atoms with Gasteiger partial charge in [0.05, 0.1) is 12.2 Å². The van der Waals surface area contributed by atoms with E-state index in [1.807, 2.05) is 13.0 Å². The van der Waals surface area contributed by atoms with Crippen LogP contribution in [0.1, 0.15) is 66.5 Å². The molecule has 1 saturated heterocycles.